The number of rotatable bonds is 4. The van der Waals surface area contributed by atoms with Gasteiger partial charge in [-0.2, -0.15) is 11.3 Å². The van der Waals surface area contributed by atoms with Crippen molar-refractivity contribution >= 4 is 23.2 Å². The van der Waals surface area contributed by atoms with E-state index in [-0.39, 0.29) is 0 Å². The normalized spacial score (nSPS) is 23.8. The molecule has 0 bridgehead atoms. The van der Waals surface area contributed by atoms with E-state index in [9.17, 15) is 15.0 Å². The van der Waals surface area contributed by atoms with E-state index >= 15 is 0 Å². The van der Waals surface area contributed by atoms with Gasteiger partial charge in [-0.25, -0.2) is 9.78 Å². The first-order valence-corrected chi connectivity index (χ1v) is 9.85. The van der Waals surface area contributed by atoms with Crippen LogP contribution in [0.2, 0.25) is 0 Å². The molecule has 0 saturated heterocycles. The molecule has 0 atom stereocenters. The highest BCUT2D eigenvalue weighted by Gasteiger charge is 2.53. The van der Waals surface area contributed by atoms with E-state index in [0.29, 0.717) is 18.7 Å². The number of benzene rings is 1. The van der Waals surface area contributed by atoms with Gasteiger partial charge in [0.25, 0.3) is 0 Å². The number of nitrogens with one attached hydrogen (secondary N) is 1. The van der Waals surface area contributed by atoms with Crippen molar-refractivity contribution in [3.05, 3.63) is 58.9 Å². The maximum atomic E-state index is 11.3. The molecule has 0 unspecified atom stereocenters. The number of hydrogen-bond acceptors (Lipinski definition) is 5. The number of pyridine rings is 1. The minimum atomic E-state index is -1.10. The van der Waals surface area contributed by atoms with Crippen LogP contribution in [0.4, 0.5) is 10.6 Å². The Bertz CT molecular complexity index is 1010. The topological polar surface area (TPSA) is 108 Å². The second-order valence-electron chi connectivity index (χ2n) is 7.61. The van der Waals surface area contributed by atoms with E-state index in [0.717, 1.165) is 27.8 Å². The molecule has 2 heterocycles. The molecule has 3 aromatic rings. The number of aliphatic hydroxyl groups is 1. The Hall–Kier alpha value is -2.90. The highest BCUT2D eigenvalue weighted by atomic mass is 32.1. The molecule has 1 aliphatic carbocycles. The Labute approximate surface area is 166 Å². The quantitative estimate of drug-likeness (QED) is 0.533. The fourth-order valence-electron chi connectivity index (χ4n) is 4.14. The molecule has 1 aliphatic rings. The lowest BCUT2D eigenvalue weighted by Gasteiger charge is -2.51. The van der Waals surface area contributed by atoms with Crippen LogP contribution in [0.5, 0.6) is 0 Å². The molecule has 1 saturated carbocycles. The number of nitrogen functional groups attached to an aromatic ring is 1. The molecule has 1 fully saturated rings. The Morgan fingerprint density at radius 1 is 1.18 bits per heavy atom. The molecule has 0 radical (unpaired) electrons. The Kier molecular flexibility index (Phi) is 4.36. The molecule has 1 aromatic carbocycles. The summed E-state index contributed by atoms with van der Waals surface area (Å²) in [5.74, 6) is 0.461. The fraction of sp³-hybridized carbons (Fsp3) is 0.238. The molecule has 0 spiro atoms. The lowest BCUT2D eigenvalue weighted by Crippen LogP contribution is -2.61. The molecular weight excluding hydrogens is 374 g/mol. The fourth-order valence-corrected chi connectivity index (χ4v) is 4.80. The number of aromatic nitrogens is 1. The Morgan fingerprint density at radius 2 is 1.89 bits per heavy atom. The van der Waals surface area contributed by atoms with E-state index in [1.54, 1.807) is 24.5 Å². The average molecular weight is 395 g/mol. The SMILES string of the molecule is C[C@]1(O)C[C@](NC(=O)O)(c2ccc(-c3cnc(N)cc3-c3ccsc3)cc2)C1. The number of nitrogens with two attached hydrogens (primary N) is 1. The summed E-state index contributed by atoms with van der Waals surface area (Å²) in [6.07, 6.45) is 1.35. The average Bonchev–Trinajstić information content (AvgIpc) is 3.14. The molecular formula is C21H21N3O3S. The Balaban J connectivity index is 1.71. The lowest BCUT2D eigenvalue weighted by atomic mass is 9.62. The van der Waals surface area contributed by atoms with Crippen molar-refractivity contribution in [1.82, 2.24) is 10.3 Å². The second kappa shape index (κ2) is 6.61. The number of nitrogens with zero attached hydrogens (tertiary/aromatic N) is 1. The first kappa shape index (κ1) is 18.5. The minimum Gasteiger partial charge on any atom is -0.465 e. The third-order valence-corrected chi connectivity index (χ3v) is 5.90. The van der Waals surface area contributed by atoms with Crippen LogP contribution in [0.1, 0.15) is 25.3 Å². The first-order chi connectivity index (χ1) is 13.3. The zero-order chi connectivity index (χ0) is 19.9. The maximum absolute atomic E-state index is 11.3. The summed E-state index contributed by atoms with van der Waals surface area (Å²) in [6.45, 7) is 1.72. The summed E-state index contributed by atoms with van der Waals surface area (Å²) in [7, 11) is 0. The standard InChI is InChI=1S/C21H21N3O3S/c1-20(27)11-21(12-20,24-19(25)26)15-4-2-13(3-5-15)17-9-23-18(22)8-16(17)14-6-7-28-10-14/h2-10,24,27H,11-12H2,1H3,(H2,22,23)(H,25,26)/t20-,21+. The van der Waals surface area contributed by atoms with Crippen LogP contribution in [0.15, 0.2) is 53.4 Å². The summed E-state index contributed by atoms with van der Waals surface area (Å²) in [4.78, 5) is 15.5. The lowest BCUT2D eigenvalue weighted by molar-refractivity contribution is -0.0858. The van der Waals surface area contributed by atoms with Crippen LogP contribution in [-0.2, 0) is 5.54 Å². The number of carboxylic acid groups (broad SMARTS) is 1. The maximum Gasteiger partial charge on any atom is 0.405 e. The molecule has 144 valence electrons. The monoisotopic (exact) mass is 395 g/mol. The van der Waals surface area contributed by atoms with Crippen molar-refractivity contribution in [3.8, 4) is 22.3 Å². The van der Waals surface area contributed by atoms with Crippen LogP contribution >= 0.6 is 11.3 Å². The number of hydrogen-bond donors (Lipinski definition) is 4. The summed E-state index contributed by atoms with van der Waals surface area (Å²) < 4.78 is 0. The molecule has 6 nitrogen and oxygen atoms in total. The van der Waals surface area contributed by atoms with Gasteiger partial charge in [-0.05, 0) is 52.1 Å². The zero-order valence-electron chi connectivity index (χ0n) is 15.3. The highest BCUT2D eigenvalue weighted by Crippen LogP contribution is 2.48. The van der Waals surface area contributed by atoms with Gasteiger partial charge in [-0.15, -0.1) is 0 Å². The summed E-state index contributed by atoms with van der Waals surface area (Å²) >= 11 is 1.62. The number of amides is 1. The van der Waals surface area contributed by atoms with Gasteiger partial charge in [0.05, 0.1) is 11.1 Å². The predicted octanol–water partition coefficient (Wildman–Crippen LogP) is 4.07. The van der Waals surface area contributed by atoms with Gasteiger partial charge >= 0.3 is 6.09 Å². The molecule has 4 rings (SSSR count). The van der Waals surface area contributed by atoms with Crippen molar-refractivity contribution in [2.24, 2.45) is 0 Å². The molecule has 5 N–H and O–H groups in total. The zero-order valence-corrected chi connectivity index (χ0v) is 16.2. The van der Waals surface area contributed by atoms with Crippen molar-refractivity contribution in [3.63, 3.8) is 0 Å². The van der Waals surface area contributed by atoms with Crippen molar-refractivity contribution < 1.29 is 15.0 Å². The summed E-state index contributed by atoms with van der Waals surface area (Å²) in [5.41, 5.74) is 9.12. The number of thiophene rings is 1. The van der Waals surface area contributed by atoms with Gasteiger partial charge in [-0.1, -0.05) is 24.3 Å². The van der Waals surface area contributed by atoms with Gasteiger partial charge in [0.15, 0.2) is 0 Å². The van der Waals surface area contributed by atoms with Crippen LogP contribution in [-0.4, -0.2) is 26.9 Å². The molecule has 1 amide bonds. The van der Waals surface area contributed by atoms with Crippen LogP contribution in [0.25, 0.3) is 22.3 Å². The smallest absolute Gasteiger partial charge is 0.405 e. The van der Waals surface area contributed by atoms with E-state index in [1.165, 1.54) is 0 Å². The van der Waals surface area contributed by atoms with E-state index in [2.05, 4.69) is 15.7 Å². The van der Waals surface area contributed by atoms with Gasteiger partial charge in [0.1, 0.15) is 5.82 Å². The van der Waals surface area contributed by atoms with Crippen LogP contribution in [0, 0.1) is 0 Å². The third kappa shape index (κ3) is 3.34. The van der Waals surface area contributed by atoms with Gasteiger partial charge in [0.2, 0.25) is 0 Å². The number of anilines is 1. The van der Waals surface area contributed by atoms with Crippen molar-refractivity contribution in [1.29, 1.82) is 0 Å². The van der Waals surface area contributed by atoms with Crippen molar-refractivity contribution in [2.75, 3.05) is 5.73 Å². The van der Waals surface area contributed by atoms with E-state index in [4.69, 9.17) is 5.73 Å². The van der Waals surface area contributed by atoms with Crippen LogP contribution in [0.3, 0.4) is 0 Å². The van der Waals surface area contributed by atoms with Gasteiger partial charge in [0, 0.05) is 24.6 Å². The summed E-state index contributed by atoms with van der Waals surface area (Å²) in [6, 6.07) is 11.6. The van der Waals surface area contributed by atoms with Gasteiger partial charge in [-0.3, -0.25) is 0 Å². The Morgan fingerprint density at radius 3 is 2.46 bits per heavy atom. The largest absolute Gasteiger partial charge is 0.465 e. The molecule has 7 heteroatoms. The van der Waals surface area contributed by atoms with Gasteiger partial charge < -0.3 is 21.3 Å². The molecule has 28 heavy (non-hydrogen) atoms. The van der Waals surface area contributed by atoms with E-state index < -0.39 is 17.2 Å². The molecule has 0 aliphatic heterocycles. The minimum absolute atomic E-state index is 0.342. The van der Waals surface area contributed by atoms with Crippen molar-refractivity contribution in [2.45, 2.75) is 30.9 Å². The second-order valence-corrected chi connectivity index (χ2v) is 8.39. The summed E-state index contributed by atoms with van der Waals surface area (Å²) in [5, 5.41) is 26.1. The third-order valence-electron chi connectivity index (χ3n) is 5.22. The number of carbonyl (C=O) groups is 1. The van der Waals surface area contributed by atoms with Crippen LogP contribution < -0.4 is 11.1 Å². The molecule has 2 aromatic heterocycles. The first-order valence-electron chi connectivity index (χ1n) is 8.91. The highest BCUT2D eigenvalue weighted by molar-refractivity contribution is 7.08. The predicted molar refractivity (Wildman–Crippen MR) is 110 cm³/mol. The van der Waals surface area contributed by atoms with E-state index in [1.807, 2.05) is 41.8 Å².